The summed E-state index contributed by atoms with van der Waals surface area (Å²) in [5.74, 6) is 1.56. The van der Waals surface area contributed by atoms with Crippen LogP contribution in [-0.4, -0.2) is 35.3 Å². The zero-order chi connectivity index (χ0) is 13.5. The number of carbonyl (C=O) groups excluding carboxylic acids is 1. The van der Waals surface area contributed by atoms with Crippen LogP contribution in [0.1, 0.15) is 24.7 Å². The van der Waals surface area contributed by atoms with E-state index in [0.29, 0.717) is 5.82 Å². The van der Waals surface area contributed by atoms with E-state index in [1.165, 1.54) is 18.9 Å². The molecule has 0 aliphatic heterocycles. The molecular formula is C12H19N3O2S. The van der Waals surface area contributed by atoms with Gasteiger partial charge in [-0.2, -0.15) is 0 Å². The van der Waals surface area contributed by atoms with Gasteiger partial charge >= 0.3 is 5.97 Å². The van der Waals surface area contributed by atoms with Crippen LogP contribution in [0.5, 0.6) is 0 Å². The Morgan fingerprint density at radius 2 is 2.11 bits per heavy atom. The second kappa shape index (κ2) is 7.20. The van der Waals surface area contributed by atoms with Crippen molar-refractivity contribution >= 4 is 23.5 Å². The number of esters is 1. The molecule has 1 N–H and O–H groups in total. The number of methoxy groups -OCH3 is 1. The first-order valence-electron chi connectivity index (χ1n) is 5.87. The second-order valence-electron chi connectivity index (χ2n) is 3.84. The Morgan fingerprint density at radius 3 is 2.72 bits per heavy atom. The Morgan fingerprint density at radius 1 is 1.39 bits per heavy atom. The number of rotatable bonds is 6. The number of ether oxygens (including phenoxy) is 1. The predicted molar refractivity (Wildman–Crippen MR) is 73.0 cm³/mol. The Labute approximate surface area is 112 Å². The van der Waals surface area contributed by atoms with Crippen LogP contribution in [0.2, 0.25) is 0 Å². The van der Waals surface area contributed by atoms with Crippen molar-refractivity contribution in [3.8, 4) is 0 Å². The van der Waals surface area contributed by atoms with Crippen molar-refractivity contribution in [1.29, 1.82) is 0 Å². The SMILES string of the molecule is CCCNc1nc(C)nc(SCC(=O)OC)c1C. The number of nitrogens with one attached hydrogen (secondary N) is 1. The van der Waals surface area contributed by atoms with Gasteiger partial charge in [0.25, 0.3) is 0 Å². The zero-order valence-corrected chi connectivity index (χ0v) is 12.1. The molecule has 6 heteroatoms. The molecule has 0 aliphatic carbocycles. The number of aromatic nitrogens is 2. The first-order valence-corrected chi connectivity index (χ1v) is 6.85. The maximum absolute atomic E-state index is 11.1. The molecule has 0 fully saturated rings. The Balaban J connectivity index is 2.83. The number of hydrogen-bond acceptors (Lipinski definition) is 6. The smallest absolute Gasteiger partial charge is 0.316 e. The van der Waals surface area contributed by atoms with E-state index in [4.69, 9.17) is 0 Å². The van der Waals surface area contributed by atoms with Gasteiger partial charge in [0.1, 0.15) is 16.7 Å². The molecule has 0 radical (unpaired) electrons. The Hall–Kier alpha value is -1.30. The van der Waals surface area contributed by atoms with E-state index in [9.17, 15) is 4.79 Å². The van der Waals surface area contributed by atoms with Crippen LogP contribution in [0.3, 0.4) is 0 Å². The summed E-state index contributed by atoms with van der Waals surface area (Å²) in [5, 5.41) is 4.09. The van der Waals surface area contributed by atoms with E-state index >= 15 is 0 Å². The zero-order valence-electron chi connectivity index (χ0n) is 11.2. The highest BCUT2D eigenvalue weighted by molar-refractivity contribution is 7.99. The number of aryl methyl sites for hydroxylation is 1. The molecule has 0 saturated carbocycles. The quantitative estimate of drug-likeness (QED) is 0.485. The lowest BCUT2D eigenvalue weighted by Gasteiger charge is -2.11. The van der Waals surface area contributed by atoms with Gasteiger partial charge in [0.05, 0.1) is 12.9 Å². The highest BCUT2D eigenvalue weighted by atomic mass is 32.2. The van der Waals surface area contributed by atoms with Gasteiger partial charge in [-0.1, -0.05) is 18.7 Å². The summed E-state index contributed by atoms with van der Waals surface area (Å²) in [6, 6.07) is 0. The van der Waals surface area contributed by atoms with Gasteiger partial charge in [0, 0.05) is 12.1 Å². The minimum Gasteiger partial charge on any atom is -0.468 e. The minimum absolute atomic E-state index is 0.251. The van der Waals surface area contributed by atoms with Crippen LogP contribution in [0, 0.1) is 13.8 Å². The van der Waals surface area contributed by atoms with Gasteiger partial charge in [-0.05, 0) is 20.3 Å². The molecule has 0 spiro atoms. The molecule has 0 saturated heterocycles. The number of nitrogens with zero attached hydrogens (tertiary/aromatic N) is 2. The van der Waals surface area contributed by atoms with Crippen LogP contribution in [0.15, 0.2) is 5.03 Å². The fourth-order valence-electron chi connectivity index (χ4n) is 1.35. The molecule has 0 aromatic carbocycles. The minimum atomic E-state index is -0.251. The fourth-order valence-corrected chi connectivity index (χ4v) is 2.23. The van der Waals surface area contributed by atoms with Gasteiger partial charge in [-0.3, -0.25) is 4.79 Å². The van der Waals surface area contributed by atoms with Crippen LogP contribution in [0.4, 0.5) is 5.82 Å². The fraction of sp³-hybridized carbons (Fsp3) is 0.583. The maximum Gasteiger partial charge on any atom is 0.316 e. The van der Waals surface area contributed by atoms with Gasteiger partial charge in [0.2, 0.25) is 0 Å². The third-order valence-corrected chi connectivity index (χ3v) is 3.36. The Kier molecular flexibility index (Phi) is 5.91. The molecule has 0 unspecified atom stereocenters. The number of hydrogen-bond donors (Lipinski definition) is 1. The van der Waals surface area contributed by atoms with Crippen molar-refractivity contribution < 1.29 is 9.53 Å². The van der Waals surface area contributed by atoms with Crippen molar-refractivity contribution in [2.45, 2.75) is 32.2 Å². The molecule has 5 nitrogen and oxygen atoms in total. The predicted octanol–water partition coefficient (Wildman–Crippen LogP) is 2.18. The van der Waals surface area contributed by atoms with E-state index in [0.717, 1.165) is 29.4 Å². The molecule has 100 valence electrons. The summed E-state index contributed by atoms with van der Waals surface area (Å²) < 4.78 is 4.62. The average Bonchev–Trinajstić information content (AvgIpc) is 2.37. The van der Waals surface area contributed by atoms with E-state index in [1.807, 2.05) is 13.8 Å². The normalized spacial score (nSPS) is 10.2. The number of thioether (sulfide) groups is 1. The van der Waals surface area contributed by atoms with E-state index in [-0.39, 0.29) is 11.7 Å². The number of anilines is 1. The lowest BCUT2D eigenvalue weighted by molar-refractivity contribution is -0.137. The summed E-state index contributed by atoms with van der Waals surface area (Å²) in [6.45, 7) is 6.78. The van der Waals surface area contributed by atoms with Crippen molar-refractivity contribution in [3.05, 3.63) is 11.4 Å². The van der Waals surface area contributed by atoms with Crippen molar-refractivity contribution in [1.82, 2.24) is 9.97 Å². The molecule has 18 heavy (non-hydrogen) atoms. The van der Waals surface area contributed by atoms with Crippen molar-refractivity contribution in [2.75, 3.05) is 24.7 Å². The van der Waals surface area contributed by atoms with Crippen LogP contribution in [-0.2, 0) is 9.53 Å². The van der Waals surface area contributed by atoms with Crippen LogP contribution >= 0.6 is 11.8 Å². The lowest BCUT2D eigenvalue weighted by atomic mass is 10.3. The summed E-state index contributed by atoms with van der Waals surface area (Å²) in [4.78, 5) is 19.9. The van der Waals surface area contributed by atoms with Gasteiger partial charge < -0.3 is 10.1 Å². The molecule has 1 heterocycles. The summed E-state index contributed by atoms with van der Waals surface area (Å²) in [6.07, 6.45) is 1.03. The second-order valence-corrected chi connectivity index (χ2v) is 4.81. The third kappa shape index (κ3) is 4.18. The first kappa shape index (κ1) is 14.8. The monoisotopic (exact) mass is 269 g/mol. The number of carbonyl (C=O) groups is 1. The lowest BCUT2D eigenvalue weighted by Crippen LogP contribution is -2.08. The molecule has 0 atom stereocenters. The van der Waals surface area contributed by atoms with Crippen LogP contribution in [0.25, 0.3) is 0 Å². The highest BCUT2D eigenvalue weighted by Crippen LogP contribution is 2.24. The van der Waals surface area contributed by atoms with E-state index in [2.05, 4.69) is 26.9 Å². The van der Waals surface area contributed by atoms with Crippen LogP contribution < -0.4 is 5.32 Å². The molecule has 1 aromatic rings. The largest absolute Gasteiger partial charge is 0.468 e. The van der Waals surface area contributed by atoms with Gasteiger partial charge in [-0.25, -0.2) is 9.97 Å². The first-order chi connectivity index (χ1) is 8.58. The highest BCUT2D eigenvalue weighted by Gasteiger charge is 2.11. The molecule has 1 aromatic heterocycles. The van der Waals surface area contributed by atoms with Crippen molar-refractivity contribution in [2.24, 2.45) is 0 Å². The van der Waals surface area contributed by atoms with Gasteiger partial charge in [0.15, 0.2) is 0 Å². The summed E-state index contributed by atoms with van der Waals surface area (Å²) in [5.41, 5.74) is 0.975. The molecule has 0 amide bonds. The van der Waals surface area contributed by atoms with Gasteiger partial charge in [-0.15, -0.1) is 0 Å². The molecule has 1 rings (SSSR count). The Bertz CT molecular complexity index is 424. The third-order valence-electron chi connectivity index (χ3n) is 2.31. The molecular weight excluding hydrogens is 250 g/mol. The summed E-state index contributed by atoms with van der Waals surface area (Å²) >= 11 is 1.38. The van der Waals surface area contributed by atoms with E-state index < -0.39 is 0 Å². The van der Waals surface area contributed by atoms with Crippen molar-refractivity contribution in [3.63, 3.8) is 0 Å². The molecule has 0 bridgehead atoms. The topological polar surface area (TPSA) is 64.1 Å². The summed E-state index contributed by atoms with van der Waals surface area (Å²) in [7, 11) is 1.38. The average molecular weight is 269 g/mol. The maximum atomic E-state index is 11.1. The standard InChI is InChI=1S/C12H19N3O2S/c1-5-6-13-11-8(2)12(15-9(3)14-11)18-7-10(16)17-4/h5-7H2,1-4H3,(H,13,14,15). The molecule has 0 aliphatic rings. The van der Waals surface area contributed by atoms with E-state index in [1.54, 1.807) is 0 Å².